The number of carbonyl (C=O) groups is 1. The molecule has 98 valence electrons. The molecule has 1 amide bonds. The highest BCUT2D eigenvalue weighted by Crippen LogP contribution is 2.23. The number of nitrogens with zero attached hydrogens (tertiary/aromatic N) is 1. The van der Waals surface area contributed by atoms with Gasteiger partial charge in [0.25, 0.3) is 0 Å². The molecule has 0 aromatic rings. The third kappa shape index (κ3) is 5.46. The van der Waals surface area contributed by atoms with Crippen LogP contribution in [-0.4, -0.2) is 41.5 Å². The van der Waals surface area contributed by atoms with Crippen LogP contribution >= 0.6 is 12.2 Å². The summed E-state index contributed by atoms with van der Waals surface area (Å²) in [5, 5.41) is 2.89. The van der Waals surface area contributed by atoms with Crippen molar-refractivity contribution in [2.45, 2.75) is 45.1 Å². The van der Waals surface area contributed by atoms with Crippen LogP contribution in [0.25, 0.3) is 0 Å². The normalized spacial score (nSPS) is 16.4. The summed E-state index contributed by atoms with van der Waals surface area (Å²) >= 11 is 4.95. The molecule has 17 heavy (non-hydrogen) atoms. The second kappa shape index (κ2) is 7.61. The maximum atomic E-state index is 11.7. The monoisotopic (exact) mass is 257 g/mol. The van der Waals surface area contributed by atoms with Crippen molar-refractivity contribution in [1.29, 1.82) is 0 Å². The Bertz CT molecular complexity index is 264. The number of hydrogen-bond donors (Lipinski definition) is 2. The van der Waals surface area contributed by atoms with Crippen molar-refractivity contribution in [3.63, 3.8) is 0 Å². The maximum Gasteiger partial charge on any atom is 0.234 e. The van der Waals surface area contributed by atoms with E-state index in [0.29, 0.717) is 24.1 Å². The van der Waals surface area contributed by atoms with Crippen LogP contribution in [0.3, 0.4) is 0 Å². The van der Waals surface area contributed by atoms with Gasteiger partial charge in [-0.1, -0.05) is 32.0 Å². The van der Waals surface area contributed by atoms with Crippen molar-refractivity contribution in [3.05, 3.63) is 0 Å². The van der Waals surface area contributed by atoms with E-state index in [1.165, 1.54) is 12.8 Å². The second-order valence-electron chi connectivity index (χ2n) is 4.66. The molecule has 0 atom stereocenters. The molecule has 1 saturated carbocycles. The zero-order chi connectivity index (χ0) is 12.7. The van der Waals surface area contributed by atoms with Crippen LogP contribution in [-0.2, 0) is 4.79 Å². The van der Waals surface area contributed by atoms with Gasteiger partial charge in [-0.3, -0.25) is 9.69 Å². The van der Waals surface area contributed by atoms with Gasteiger partial charge in [0.1, 0.15) is 0 Å². The summed E-state index contributed by atoms with van der Waals surface area (Å²) in [7, 11) is 0. The highest BCUT2D eigenvalue weighted by molar-refractivity contribution is 7.80. The number of thiocarbonyl (C=S) groups is 1. The van der Waals surface area contributed by atoms with Crippen LogP contribution < -0.4 is 11.1 Å². The minimum absolute atomic E-state index is 0.0787. The number of hydrogen-bond acceptors (Lipinski definition) is 3. The lowest BCUT2D eigenvalue weighted by atomic mass is 10.2. The Morgan fingerprint density at radius 2 is 2.06 bits per heavy atom. The van der Waals surface area contributed by atoms with Crippen molar-refractivity contribution in [2.24, 2.45) is 5.73 Å². The van der Waals surface area contributed by atoms with Gasteiger partial charge < -0.3 is 11.1 Å². The lowest BCUT2D eigenvalue weighted by Gasteiger charge is -2.27. The van der Waals surface area contributed by atoms with Crippen molar-refractivity contribution in [2.75, 3.05) is 19.6 Å². The average Bonchev–Trinajstić information content (AvgIpc) is 2.78. The molecule has 4 nitrogen and oxygen atoms in total. The highest BCUT2D eigenvalue weighted by atomic mass is 32.1. The summed E-state index contributed by atoms with van der Waals surface area (Å²) < 4.78 is 0. The van der Waals surface area contributed by atoms with Gasteiger partial charge in [-0.15, -0.1) is 0 Å². The Hall–Kier alpha value is -0.680. The van der Waals surface area contributed by atoms with Crippen LogP contribution in [0.4, 0.5) is 0 Å². The van der Waals surface area contributed by atoms with Gasteiger partial charge >= 0.3 is 0 Å². The van der Waals surface area contributed by atoms with E-state index >= 15 is 0 Å². The molecule has 0 bridgehead atoms. The number of nitrogens with one attached hydrogen (secondary N) is 1. The minimum Gasteiger partial charge on any atom is -0.392 e. The first-order chi connectivity index (χ1) is 8.13. The summed E-state index contributed by atoms with van der Waals surface area (Å²) in [6, 6.07) is 0.476. The molecule has 1 aliphatic carbocycles. The van der Waals surface area contributed by atoms with Crippen LogP contribution in [0, 0.1) is 0 Å². The highest BCUT2D eigenvalue weighted by Gasteiger charge is 2.24. The quantitative estimate of drug-likeness (QED) is 0.669. The third-order valence-corrected chi connectivity index (χ3v) is 3.25. The van der Waals surface area contributed by atoms with Crippen molar-refractivity contribution < 1.29 is 4.79 Å². The van der Waals surface area contributed by atoms with Gasteiger partial charge in [0.05, 0.1) is 11.5 Å². The second-order valence-corrected chi connectivity index (χ2v) is 5.18. The predicted molar refractivity (Wildman–Crippen MR) is 73.9 cm³/mol. The van der Waals surface area contributed by atoms with Crippen LogP contribution in [0.15, 0.2) is 0 Å². The first-order valence-corrected chi connectivity index (χ1v) is 6.83. The van der Waals surface area contributed by atoms with E-state index in [9.17, 15) is 4.79 Å². The third-order valence-electron chi connectivity index (χ3n) is 3.12. The standard InChI is InChI=1S/C12H23N3OS/c1-2-7-14-12(16)9-15(8-11(13)17)10-5-3-4-6-10/h10H,2-9H2,1H3,(H2,13,17)(H,14,16). The van der Waals surface area contributed by atoms with Gasteiger partial charge in [-0.25, -0.2) is 0 Å². The Morgan fingerprint density at radius 3 is 2.59 bits per heavy atom. The van der Waals surface area contributed by atoms with E-state index < -0.39 is 0 Å². The molecule has 0 aromatic heterocycles. The fourth-order valence-corrected chi connectivity index (χ4v) is 2.45. The van der Waals surface area contributed by atoms with E-state index in [4.69, 9.17) is 18.0 Å². The molecule has 5 heteroatoms. The number of nitrogens with two attached hydrogens (primary N) is 1. The minimum atomic E-state index is 0.0787. The van der Waals surface area contributed by atoms with Crippen molar-refractivity contribution in [1.82, 2.24) is 10.2 Å². The smallest absolute Gasteiger partial charge is 0.234 e. The molecule has 3 N–H and O–H groups in total. The van der Waals surface area contributed by atoms with E-state index in [-0.39, 0.29) is 5.91 Å². The fraction of sp³-hybridized carbons (Fsp3) is 0.833. The number of amides is 1. The number of rotatable bonds is 7. The van der Waals surface area contributed by atoms with E-state index in [2.05, 4.69) is 10.2 Å². The molecule has 0 heterocycles. The predicted octanol–water partition coefficient (Wildman–Crippen LogP) is 1.04. The molecule has 1 fully saturated rings. The zero-order valence-electron chi connectivity index (χ0n) is 10.6. The average molecular weight is 257 g/mol. The summed E-state index contributed by atoms with van der Waals surface area (Å²) in [4.78, 5) is 14.3. The topological polar surface area (TPSA) is 58.4 Å². The van der Waals surface area contributed by atoms with Crippen LogP contribution in [0.2, 0.25) is 0 Å². The van der Waals surface area contributed by atoms with Crippen LogP contribution in [0.5, 0.6) is 0 Å². The molecule has 1 aliphatic rings. The molecule has 0 unspecified atom stereocenters. The van der Waals surface area contributed by atoms with Gasteiger partial charge in [-0.2, -0.15) is 0 Å². The largest absolute Gasteiger partial charge is 0.392 e. The van der Waals surface area contributed by atoms with Gasteiger partial charge in [-0.05, 0) is 19.3 Å². The molecule has 0 aliphatic heterocycles. The molecular formula is C12H23N3OS. The molecule has 0 spiro atoms. The molecule has 0 radical (unpaired) electrons. The van der Waals surface area contributed by atoms with Gasteiger partial charge in [0, 0.05) is 19.1 Å². The lowest BCUT2D eigenvalue weighted by Crippen LogP contribution is -2.45. The number of carbonyl (C=O) groups excluding carboxylic acids is 1. The Labute approximate surface area is 109 Å². The molecule has 0 saturated heterocycles. The summed E-state index contributed by atoms with van der Waals surface area (Å²) in [6.07, 6.45) is 5.77. The first-order valence-electron chi connectivity index (χ1n) is 6.42. The lowest BCUT2D eigenvalue weighted by molar-refractivity contribution is -0.122. The van der Waals surface area contributed by atoms with Crippen molar-refractivity contribution in [3.8, 4) is 0 Å². The Morgan fingerprint density at radius 1 is 1.41 bits per heavy atom. The molecule has 1 rings (SSSR count). The Kier molecular flexibility index (Phi) is 6.44. The molecule has 0 aromatic carbocycles. The Balaban J connectivity index is 2.44. The summed E-state index contributed by atoms with van der Waals surface area (Å²) in [5.74, 6) is 0.0787. The first kappa shape index (κ1) is 14.4. The fourth-order valence-electron chi connectivity index (χ4n) is 2.29. The van der Waals surface area contributed by atoms with Crippen LogP contribution in [0.1, 0.15) is 39.0 Å². The summed E-state index contributed by atoms with van der Waals surface area (Å²) in [6.45, 7) is 3.76. The molecular weight excluding hydrogens is 234 g/mol. The van der Waals surface area contributed by atoms with Crippen molar-refractivity contribution >= 4 is 23.1 Å². The zero-order valence-corrected chi connectivity index (χ0v) is 11.4. The van der Waals surface area contributed by atoms with E-state index in [0.717, 1.165) is 25.8 Å². The summed E-state index contributed by atoms with van der Waals surface area (Å²) in [5.41, 5.74) is 5.59. The van der Waals surface area contributed by atoms with Gasteiger partial charge in [0.2, 0.25) is 5.91 Å². The van der Waals surface area contributed by atoms with Gasteiger partial charge in [0.15, 0.2) is 0 Å². The van der Waals surface area contributed by atoms with E-state index in [1.807, 2.05) is 6.92 Å². The maximum absolute atomic E-state index is 11.7. The van der Waals surface area contributed by atoms with E-state index in [1.54, 1.807) is 0 Å². The SMILES string of the molecule is CCCNC(=O)CN(CC(N)=S)C1CCCC1.